The molecule has 0 bridgehead atoms. The number of nitrogens with one attached hydrogen (secondary N) is 2. The Balaban J connectivity index is 1.42. The Morgan fingerprint density at radius 3 is 2.79 bits per heavy atom. The Kier molecular flexibility index (Phi) is 5.53. The summed E-state index contributed by atoms with van der Waals surface area (Å²) in [6, 6.07) is 14.1. The second-order valence-corrected chi connectivity index (χ2v) is 7.81. The number of halogens is 2. The van der Waals surface area contributed by atoms with E-state index < -0.39 is 0 Å². The third-order valence-electron chi connectivity index (χ3n) is 5.23. The van der Waals surface area contributed by atoms with Crippen LogP contribution in [0.5, 0.6) is 0 Å². The van der Waals surface area contributed by atoms with Crippen molar-refractivity contribution >= 4 is 23.3 Å². The summed E-state index contributed by atoms with van der Waals surface area (Å²) < 4.78 is 13.8. The number of hydrogen-bond donors (Lipinski definition) is 2. The number of piperidine rings is 1. The molecule has 0 saturated carbocycles. The van der Waals surface area contributed by atoms with E-state index in [1.165, 1.54) is 6.07 Å². The van der Waals surface area contributed by atoms with Crippen molar-refractivity contribution in [3.05, 3.63) is 70.5 Å². The lowest BCUT2D eigenvalue weighted by molar-refractivity contribution is 0.0932. The van der Waals surface area contributed by atoms with Crippen LogP contribution in [-0.2, 0) is 0 Å². The first-order valence-electron chi connectivity index (χ1n) is 9.63. The van der Waals surface area contributed by atoms with E-state index in [-0.39, 0.29) is 17.8 Å². The van der Waals surface area contributed by atoms with Crippen LogP contribution in [0.1, 0.15) is 28.8 Å². The van der Waals surface area contributed by atoms with Crippen molar-refractivity contribution in [1.29, 1.82) is 0 Å². The van der Waals surface area contributed by atoms with Gasteiger partial charge in [0.25, 0.3) is 5.91 Å². The second kappa shape index (κ2) is 8.25. The predicted octanol–water partition coefficient (Wildman–Crippen LogP) is 4.58. The number of nitrogens with zero attached hydrogens (tertiary/aromatic N) is 2. The molecule has 1 fully saturated rings. The fraction of sp³-hybridized carbons (Fsp3) is 0.273. The van der Waals surface area contributed by atoms with Gasteiger partial charge < -0.3 is 10.2 Å². The van der Waals surface area contributed by atoms with Gasteiger partial charge >= 0.3 is 0 Å². The molecular formula is C22H22ClFN4O. The molecule has 29 heavy (non-hydrogen) atoms. The molecule has 1 amide bonds. The summed E-state index contributed by atoms with van der Waals surface area (Å²) in [4.78, 5) is 14.7. The Labute approximate surface area is 173 Å². The van der Waals surface area contributed by atoms with E-state index in [1.807, 2.05) is 30.3 Å². The molecule has 1 atom stereocenters. The summed E-state index contributed by atoms with van der Waals surface area (Å²) in [5.74, 6) is 0.226. The fourth-order valence-corrected chi connectivity index (χ4v) is 3.68. The van der Waals surface area contributed by atoms with Gasteiger partial charge in [-0.15, -0.1) is 0 Å². The Morgan fingerprint density at radius 2 is 2.03 bits per heavy atom. The molecule has 0 spiro atoms. The Morgan fingerprint density at radius 1 is 1.24 bits per heavy atom. The zero-order valence-electron chi connectivity index (χ0n) is 16.1. The van der Waals surface area contributed by atoms with Crippen molar-refractivity contribution in [3.63, 3.8) is 0 Å². The Hall–Kier alpha value is -2.86. The molecule has 2 heterocycles. The number of anilines is 1. The highest BCUT2D eigenvalue weighted by molar-refractivity contribution is 6.30. The van der Waals surface area contributed by atoms with E-state index in [4.69, 9.17) is 11.6 Å². The average molecular weight is 413 g/mol. The summed E-state index contributed by atoms with van der Waals surface area (Å²) in [6.07, 6.45) is 1.82. The Bertz CT molecular complexity index is 1020. The van der Waals surface area contributed by atoms with E-state index >= 15 is 0 Å². The van der Waals surface area contributed by atoms with Crippen LogP contribution in [0.25, 0.3) is 11.3 Å². The zero-order chi connectivity index (χ0) is 20.4. The number of aryl methyl sites for hydroxylation is 1. The number of amides is 1. The highest BCUT2D eigenvalue weighted by Crippen LogP contribution is 2.25. The van der Waals surface area contributed by atoms with Crippen LogP contribution >= 0.6 is 11.6 Å². The molecule has 1 unspecified atom stereocenters. The van der Waals surface area contributed by atoms with Crippen LogP contribution in [0.2, 0.25) is 5.02 Å². The van der Waals surface area contributed by atoms with Crippen LogP contribution < -0.4 is 10.2 Å². The van der Waals surface area contributed by atoms with Crippen molar-refractivity contribution in [2.45, 2.75) is 25.8 Å². The smallest absolute Gasteiger partial charge is 0.251 e. The summed E-state index contributed by atoms with van der Waals surface area (Å²) in [5, 5.41) is 11.2. The fourth-order valence-electron chi connectivity index (χ4n) is 3.56. The van der Waals surface area contributed by atoms with Crippen LogP contribution in [0.4, 0.5) is 10.2 Å². The lowest BCUT2D eigenvalue weighted by Crippen LogP contribution is -2.48. The van der Waals surface area contributed by atoms with Gasteiger partial charge in [-0.05, 0) is 55.2 Å². The number of carbonyl (C=O) groups is 1. The summed E-state index contributed by atoms with van der Waals surface area (Å²) in [6.45, 7) is 3.21. The first-order valence-corrected chi connectivity index (χ1v) is 10.0. The van der Waals surface area contributed by atoms with Crippen molar-refractivity contribution in [3.8, 4) is 11.3 Å². The van der Waals surface area contributed by atoms with Gasteiger partial charge in [0.05, 0.1) is 5.69 Å². The molecule has 1 aliphatic heterocycles. The first kappa shape index (κ1) is 19.5. The molecule has 1 aromatic heterocycles. The van der Waals surface area contributed by atoms with Crippen molar-refractivity contribution in [1.82, 2.24) is 15.5 Å². The van der Waals surface area contributed by atoms with Gasteiger partial charge in [-0.2, -0.15) is 5.10 Å². The summed E-state index contributed by atoms with van der Waals surface area (Å²) in [5.41, 5.74) is 2.80. The van der Waals surface area contributed by atoms with Crippen molar-refractivity contribution in [2.24, 2.45) is 0 Å². The number of rotatable bonds is 4. The predicted molar refractivity (Wildman–Crippen MR) is 113 cm³/mol. The standard InChI is InChI=1S/C22H22ClFN4O/c1-14-4-5-16(11-19(14)24)22(29)25-18-3-2-10-28(13-18)21-12-20(26-27-21)15-6-8-17(23)9-7-15/h4-9,11-12,18H,2-3,10,13H2,1H3,(H,25,29)(H,26,27). The van der Waals surface area contributed by atoms with Gasteiger partial charge in [0.1, 0.15) is 5.82 Å². The van der Waals surface area contributed by atoms with Gasteiger partial charge in [0.15, 0.2) is 5.82 Å². The molecule has 2 aromatic carbocycles. The highest BCUT2D eigenvalue weighted by atomic mass is 35.5. The summed E-state index contributed by atoms with van der Waals surface area (Å²) >= 11 is 5.95. The molecule has 1 aliphatic rings. The van der Waals surface area contributed by atoms with Crippen LogP contribution in [0.15, 0.2) is 48.5 Å². The van der Waals surface area contributed by atoms with E-state index in [9.17, 15) is 9.18 Å². The topological polar surface area (TPSA) is 61.0 Å². The van der Waals surface area contributed by atoms with Gasteiger partial charge in [0, 0.05) is 35.8 Å². The minimum atomic E-state index is -0.367. The number of carbonyl (C=O) groups excluding carboxylic acids is 1. The van der Waals surface area contributed by atoms with Gasteiger partial charge in [0.2, 0.25) is 0 Å². The van der Waals surface area contributed by atoms with Gasteiger partial charge in [-0.3, -0.25) is 9.89 Å². The monoisotopic (exact) mass is 412 g/mol. The third-order valence-corrected chi connectivity index (χ3v) is 5.49. The van der Waals surface area contributed by atoms with E-state index in [0.29, 0.717) is 22.7 Å². The number of H-pyrrole nitrogens is 1. The SMILES string of the molecule is Cc1ccc(C(=O)NC2CCCN(c3cc(-c4ccc(Cl)cc4)[nH]n3)C2)cc1F. The van der Waals surface area contributed by atoms with Gasteiger partial charge in [-0.25, -0.2) is 4.39 Å². The molecule has 0 aliphatic carbocycles. The minimum absolute atomic E-state index is 0.0173. The molecular weight excluding hydrogens is 391 g/mol. The second-order valence-electron chi connectivity index (χ2n) is 7.37. The molecule has 3 aromatic rings. The quantitative estimate of drug-likeness (QED) is 0.659. The van der Waals surface area contributed by atoms with E-state index in [0.717, 1.165) is 36.5 Å². The third kappa shape index (κ3) is 4.43. The molecule has 2 N–H and O–H groups in total. The molecule has 7 heteroatoms. The maximum atomic E-state index is 13.8. The number of benzene rings is 2. The molecule has 1 saturated heterocycles. The zero-order valence-corrected chi connectivity index (χ0v) is 16.8. The lowest BCUT2D eigenvalue weighted by atomic mass is 10.0. The molecule has 150 valence electrons. The lowest BCUT2D eigenvalue weighted by Gasteiger charge is -2.33. The maximum Gasteiger partial charge on any atom is 0.251 e. The number of aromatic amines is 1. The average Bonchev–Trinajstić information content (AvgIpc) is 3.21. The highest BCUT2D eigenvalue weighted by Gasteiger charge is 2.24. The van der Waals surface area contributed by atoms with Crippen LogP contribution in [0.3, 0.4) is 0 Å². The van der Waals surface area contributed by atoms with Gasteiger partial charge in [-0.1, -0.05) is 29.8 Å². The van der Waals surface area contributed by atoms with E-state index in [2.05, 4.69) is 20.4 Å². The largest absolute Gasteiger partial charge is 0.353 e. The number of aromatic nitrogens is 2. The summed E-state index contributed by atoms with van der Waals surface area (Å²) in [7, 11) is 0. The minimum Gasteiger partial charge on any atom is -0.353 e. The molecule has 4 rings (SSSR count). The normalized spacial score (nSPS) is 16.7. The van der Waals surface area contributed by atoms with E-state index in [1.54, 1.807) is 19.1 Å². The van der Waals surface area contributed by atoms with Crippen molar-refractivity contribution < 1.29 is 9.18 Å². The first-order chi connectivity index (χ1) is 14.0. The number of hydrogen-bond acceptors (Lipinski definition) is 3. The van der Waals surface area contributed by atoms with Crippen molar-refractivity contribution in [2.75, 3.05) is 18.0 Å². The maximum absolute atomic E-state index is 13.8. The molecule has 5 nitrogen and oxygen atoms in total. The van der Waals surface area contributed by atoms with Crippen LogP contribution in [-0.4, -0.2) is 35.2 Å². The van der Waals surface area contributed by atoms with Crippen LogP contribution in [0, 0.1) is 12.7 Å². The molecule has 0 radical (unpaired) electrons.